The quantitative estimate of drug-likeness (QED) is 0.641. The van der Waals surface area contributed by atoms with Gasteiger partial charge in [-0.3, -0.25) is 4.79 Å². The van der Waals surface area contributed by atoms with E-state index >= 15 is 0 Å². The van der Waals surface area contributed by atoms with E-state index in [0.717, 1.165) is 43.5 Å². The minimum Gasteiger partial charge on any atom is -0.497 e. The molecule has 0 radical (unpaired) electrons. The standard InChI is InChI=1S/C26H31N3O4S/c1-33-23-10-8-21(9-11-23)25-5-3-2-4-16-29(25)26(30)22-14-17-28(18-15-22)34(31,32)24-12-6-20(19-27)7-13-24/h6-13,22,25H,2-5,14-18H2,1H3/t25-/m1/s1. The van der Waals surface area contributed by atoms with Crippen LogP contribution in [0.3, 0.4) is 0 Å². The number of amides is 1. The van der Waals surface area contributed by atoms with Gasteiger partial charge in [-0.15, -0.1) is 0 Å². The van der Waals surface area contributed by atoms with Gasteiger partial charge in [0.15, 0.2) is 0 Å². The van der Waals surface area contributed by atoms with E-state index in [1.54, 1.807) is 7.11 Å². The van der Waals surface area contributed by atoms with Crippen molar-refractivity contribution in [2.24, 2.45) is 5.92 Å². The molecule has 0 bridgehead atoms. The molecule has 2 aliphatic rings. The van der Waals surface area contributed by atoms with Crippen molar-refractivity contribution in [2.75, 3.05) is 26.7 Å². The van der Waals surface area contributed by atoms with Gasteiger partial charge in [-0.05, 0) is 67.6 Å². The number of piperidine rings is 1. The van der Waals surface area contributed by atoms with Crippen LogP contribution in [-0.2, 0) is 14.8 Å². The maximum Gasteiger partial charge on any atom is 0.243 e. The Morgan fingerprint density at radius 2 is 1.62 bits per heavy atom. The molecule has 1 amide bonds. The van der Waals surface area contributed by atoms with E-state index in [-0.39, 0.29) is 22.8 Å². The topological polar surface area (TPSA) is 90.7 Å². The molecule has 34 heavy (non-hydrogen) atoms. The molecule has 1 atom stereocenters. The Kier molecular flexibility index (Phi) is 7.54. The van der Waals surface area contributed by atoms with E-state index in [1.807, 2.05) is 35.2 Å². The SMILES string of the molecule is COc1ccc([C@H]2CCCCCN2C(=O)C2CCN(S(=O)(=O)c3ccc(C#N)cc3)CC2)cc1. The van der Waals surface area contributed by atoms with E-state index in [4.69, 9.17) is 10.00 Å². The summed E-state index contributed by atoms with van der Waals surface area (Å²) in [6.07, 6.45) is 5.15. The summed E-state index contributed by atoms with van der Waals surface area (Å²) in [5.41, 5.74) is 1.55. The van der Waals surface area contributed by atoms with Crippen molar-refractivity contribution in [1.29, 1.82) is 5.26 Å². The van der Waals surface area contributed by atoms with E-state index in [0.29, 0.717) is 31.5 Å². The predicted molar refractivity (Wildman–Crippen MR) is 129 cm³/mol. The monoisotopic (exact) mass is 481 g/mol. The van der Waals surface area contributed by atoms with Crippen LogP contribution in [0.5, 0.6) is 5.75 Å². The minimum absolute atomic E-state index is 0.0429. The first-order valence-corrected chi connectivity index (χ1v) is 13.3. The number of benzene rings is 2. The summed E-state index contributed by atoms with van der Waals surface area (Å²) >= 11 is 0. The fourth-order valence-corrected chi connectivity index (χ4v) is 6.44. The summed E-state index contributed by atoms with van der Waals surface area (Å²) < 4.78 is 32.8. The molecule has 8 heteroatoms. The van der Waals surface area contributed by atoms with Gasteiger partial charge in [-0.1, -0.05) is 25.0 Å². The second-order valence-corrected chi connectivity index (χ2v) is 10.9. The number of hydrogen-bond donors (Lipinski definition) is 0. The first kappa shape index (κ1) is 24.2. The van der Waals surface area contributed by atoms with Gasteiger partial charge < -0.3 is 9.64 Å². The van der Waals surface area contributed by atoms with E-state index in [2.05, 4.69) is 0 Å². The van der Waals surface area contributed by atoms with Gasteiger partial charge in [0.1, 0.15) is 5.75 Å². The number of nitrogens with zero attached hydrogens (tertiary/aromatic N) is 3. The zero-order chi connectivity index (χ0) is 24.1. The number of carbonyl (C=O) groups excluding carboxylic acids is 1. The number of likely N-dealkylation sites (tertiary alicyclic amines) is 1. The maximum absolute atomic E-state index is 13.6. The van der Waals surface area contributed by atoms with Crippen molar-refractivity contribution in [3.63, 3.8) is 0 Å². The van der Waals surface area contributed by atoms with Gasteiger partial charge in [0.25, 0.3) is 0 Å². The van der Waals surface area contributed by atoms with E-state index in [1.165, 1.54) is 28.6 Å². The molecule has 0 saturated carbocycles. The molecule has 0 unspecified atom stereocenters. The highest BCUT2D eigenvalue weighted by molar-refractivity contribution is 7.89. The van der Waals surface area contributed by atoms with Gasteiger partial charge in [-0.25, -0.2) is 8.42 Å². The Bertz CT molecular complexity index is 1130. The lowest BCUT2D eigenvalue weighted by Crippen LogP contribution is -2.45. The molecular formula is C26H31N3O4S. The average molecular weight is 482 g/mol. The normalized spacial score (nSPS) is 20.4. The molecule has 2 aromatic rings. The third-order valence-electron chi connectivity index (χ3n) is 6.96. The molecule has 7 nitrogen and oxygen atoms in total. The van der Waals surface area contributed by atoms with Gasteiger partial charge in [0.05, 0.1) is 29.7 Å². The van der Waals surface area contributed by atoms with Gasteiger partial charge in [0, 0.05) is 25.6 Å². The van der Waals surface area contributed by atoms with Crippen molar-refractivity contribution in [1.82, 2.24) is 9.21 Å². The molecule has 2 aliphatic heterocycles. The molecule has 0 aliphatic carbocycles. The average Bonchev–Trinajstić information content (AvgIpc) is 3.14. The minimum atomic E-state index is -3.64. The van der Waals surface area contributed by atoms with Crippen molar-refractivity contribution in [2.45, 2.75) is 49.5 Å². The fourth-order valence-electron chi connectivity index (χ4n) is 4.97. The summed E-state index contributed by atoms with van der Waals surface area (Å²) in [6.45, 7) is 1.37. The van der Waals surface area contributed by atoms with Crippen LogP contribution in [0, 0.1) is 17.2 Å². The van der Waals surface area contributed by atoms with Gasteiger partial charge in [-0.2, -0.15) is 9.57 Å². The Labute approximate surface area is 202 Å². The second-order valence-electron chi connectivity index (χ2n) is 8.98. The van der Waals surface area contributed by atoms with Gasteiger partial charge in [0.2, 0.25) is 15.9 Å². The van der Waals surface area contributed by atoms with E-state index in [9.17, 15) is 13.2 Å². The van der Waals surface area contributed by atoms with Crippen molar-refractivity contribution in [3.8, 4) is 11.8 Å². The van der Waals surface area contributed by atoms with Crippen LogP contribution >= 0.6 is 0 Å². The Morgan fingerprint density at radius 1 is 0.941 bits per heavy atom. The van der Waals surface area contributed by atoms with Crippen LogP contribution in [0.1, 0.15) is 55.7 Å². The molecule has 2 fully saturated rings. The van der Waals surface area contributed by atoms with Crippen molar-refractivity contribution < 1.29 is 17.9 Å². The van der Waals surface area contributed by atoms with Crippen LogP contribution in [-0.4, -0.2) is 50.3 Å². The molecule has 2 aromatic carbocycles. The van der Waals surface area contributed by atoms with Crippen molar-refractivity contribution >= 4 is 15.9 Å². The van der Waals surface area contributed by atoms with Crippen LogP contribution in [0.15, 0.2) is 53.4 Å². The summed E-state index contributed by atoms with van der Waals surface area (Å²) in [7, 11) is -2.00. The summed E-state index contributed by atoms with van der Waals surface area (Å²) in [4.78, 5) is 15.8. The van der Waals surface area contributed by atoms with Crippen LogP contribution in [0.4, 0.5) is 0 Å². The summed E-state index contributed by atoms with van der Waals surface area (Å²) in [6, 6.07) is 16.0. The Hall–Kier alpha value is -2.89. The highest BCUT2D eigenvalue weighted by Gasteiger charge is 2.36. The highest BCUT2D eigenvalue weighted by Crippen LogP contribution is 2.34. The Balaban J connectivity index is 1.45. The lowest BCUT2D eigenvalue weighted by Gasteiger charge is -2.37. The largest absolute Gasteiger partial charge is 0.497 e. The number of sulfonamides is 1. The van der Waals surface area contributed by atoms with E-state index < -0.39 is 10.0 Å². The number of nitriles is 1. The smallest absolute Gasteiger partial charge is 0.243 e. The molecule has 0 spiro atoms. The second kappa shape index (κ2) is 10.6. The lowest BCUT2D eigenvalue weighted by molar-refractivity contribution is -0.139. The van der Waals surface area contributed by atoms with Crippen LogP contribution < -0.4 is 4.74 Å². The maximum atomic E-state index is 13.6. The fraction of sp³-hybridized carbons (Fsp3) is 0.462. The molecule has 2 heterocycles. The predicted octanol–water partition coefficient (Wildman–Crippen LogP) is 4.11. The van der Waals surface area contributed by atoms with Crippen LogP contribution in [0.2, 0.25) is 0 Å². The number of carbonyl (C=O) groups is 1. The highest BCUT2D eigenvalue weighted by atomic mass is 32.2. The van der Waals surface area contributed by atoms with Crippen LogP contribution in [0.25, 0.3) is 0 Å². The molecule has 0 N–H and O–H groups in total. The molecule has 2 saturated heterocycles. The van der Waals surface area contributed by atoms with Gasteiger partial charge >= 0.3 is 0 Å². The third kappa shape index (κ3) is 5.11. The molecule has 180 valence electrons. The number of rotatable bonds is 5. The zero-order valence-corrected chi connectivity index (χ0v) is 20.3. The first-order chi connectivity index (χ1) is 16.4. The number of hydrogen-bond acceptors (Lipinski definition) is 5. The number of ether oxygens (including phenoxy) is 1. The molecule has 0 aromatic heterocycles. The summed E-state index contributed by atoms with van der Waals surface area (Å²) in [5, 5.41) is 8.95. The Morgan fingerprint density at radius 3 is 2.24 bits per heavy atom. The zero-order valence-electron chi connectivity index (χ0n) is 19.5. The first-order valence-electron chi connectivity index (χ1n) is 11.9. The third-order valence-corrected chi connectivity index (χ3v) is 8.87. The molecule has 4 rings (SSSR count). The summed E-state index contributed by atoms with van der Waals surface area (Å²) in [5.74, 6) is 0.760. The number of methoxy groups -OCH3 is 1. The lowest BCUT2D eigenvalue weighted by atomic mass is 9.94. The van der Waals surface area contributed by atoms with Crippen molar-refractivity contribution in [3.05, 3.63) is 59.7 Å². The molecular weight excluding hydrogens is 450 g/mol.